The first kappa shape index (κ1) is 26.4. The number of amides is 1. The number of tetrazole rings is 1. The molecule has 0 saturated heterocycles. The van der Waals surface area contributed by atoms with Gasteiger partial charge in [0.2, 0.25) is 11.7 Å². The van der Waals surface area contributed by atoms with Crippen LogP contribution < -0.4 is 9.64 Å². The molecule has 0 spiro atoms. The quantitative estimate of drug-likeness (QED) is 0.243. The van der Waals surface area contributed by atoms with Crippen molar-refractivity contribution in [2.75, 3.05) is 18.1 Å². The smallest absolute Gasteiger partial charge is 0.227 e. The summed E-state index contributed by atoms with van der Waals surface area (Å²) in [4.78, 5) is 15.3. The number of aryl methyl sites for hydroxylation is 1. The summed E-state index contributed by atoms with van der Waals surface area (Å²) in [6.07, 6.45) is 6.98. The van der Waals surface area contributed by atoms with E-state index in [9.17, 15) is 4.79 Å². The lowest BCUT2D eigenvalue weighted by atomic mass is 9.93. The van der Waals surface area contributed by atoms with Gasteiger partial charge in [-0.1, -0.05) is 42.5 Å². The van der Waals surface area contributed by atoms with Crippen molar-refractivity contribution in [2.45, 2.75) is 46.1 Å². The molecule has 208 valence electrons. The molecule has 9 nitrogen and oxygen atoms in total. The van der Waals surface area contributed by atoms with Gasteiger partial charge in [-0.2, -0.15) is 10.3 Å². The standard InChI is InChI=1S/C32H33N7O2/c1-22-8-3-14-30(23(22)2)41-17-7-15-31(40)39-16-6-12-28-27(11-5-13-29(28)39)26-19-33-38(21-26)20-24-9-4-10-25(18-24)32-34-36-37-35-32/h3-5,8-11,13-14,18-19,21H,6-7,12,15-17,20H2,1-2H3,(H,34,35,36,37). The number of nitrogens with zero attached hydrogens (tertiary/aromatic N) is 6. The van der Waals surface area contributed by atoms with Gasteiger partial charge in [-0.15, -0.1) is 10.2 Å². The molecule has 1 aliphatic heterocycles. The van der Waals surface area contributed by atoms with Crippen LogP contribution in [-0.2, 0) is 17.8 Å². The monoisotopic (exact) mass is 547 g/mol. The van der Waals surface area contributed by atoms with Crippen molar-refractivity contribution in [3.8, 4) is 28.3 Å². The third-order valence-corrected chi connectivity index (χ3v) is 7.72. The molecule has 1 N–H and O–H groups in total. The van der Waals surface area contributed by atoms with Crippen LogP contribution in [0.1, 0.15) is 41.5 Å². The molecular weight excluding hydrogens is 514 g/mol. The van der Waals surface area contributed by atoms with Gasteiger partial charge in [-0.05, 0) is 84.3 Å². The fourth-order valence-corrected chi connectivity index (χ4v) is 5.44. The van der Waals surface area contributed by atoms with Crippen LogP contribution in [-0.4, -0.2) is 49.5 Å². The van der Waals surface area contributed by atoms with Crippen LogP contribution in [0.5, 0.6) is 5.75 Å². The van der Waals surface area contributed by atoms with E-state index in [1.165, 1.54) is 11.1 Å². The first-order valence-electron chi connectivity index (χ1n) is 14.0. The predicted octanol–water partition coefficient (Wildman–Crippen LogP) is 5.53. The molecule has 1 aliphatic rings. The summed E-state index contributed by atoms with van der Waals surface area (Å²) in [7, 11) is 0. The molecule has 0 atom stereocenters. The zero-order valence-electron chi connectivity index (χ0n) is 23.4. The molecule has 0 fully saturated rings. The average Bonchev–Trinajstić information content (AvgIpc) is 3.70. The molecule has 0 radical (unpaired) electrons. The van der Waals surface area contributed by atoms with E-state index in [0.717, 1.165) is 58.6 Å². The molecule has 5 aromatic rings. The summed E-state index contributed by atoms with van der Waals surface area (Å²) in [5.41, 5.74) is 8.75. The van der Waals surface area contributed by atoms with Crippen molar-refractivity contribution in [3.05, 3.63) is 95.3 Å². The van der Waals surface area contributed by atoms with Crippen LogP contribution in [0.3, 0.4) is 0 Å². The maximum Gasteiger partial charge on any atom is 0.227 e. The molecule has 2 aromatic heterocycles. The Balaban J connectivity index is 1.13. The van der Waals surface area contributed by atoms with Gasteiger partial charge < -0.3 is 9.64 Å². The molecule has 0 saturated carbocycles. The van der Waals surface area contributed by atoms with Crippen LogP contribution in [0.25, 0.3) is 22.5 Å². The van der Waals surface area contributed by atoms with Gasteiger partial charge in [0.15, 0.2) is 0 Å². The van der Waals surface area contributed by atoms with Crippen LogP contribution in [0, 0.1) is 13.8 Å². The number of aromatic amines is 1. The Morgan fingerprint density at radius 2 is 1.93 bits per heavy atom. The van der Waals surface area contributed by atoms with Crippen LogP contribution in [0.4, 0.5) is 5.69 Å². The van der Waals surface area contributed by atoms with Gasteiger partial charge in [0.25, 0.3) is 0 Å². The van der Waals surface area contributed by atoms with Gasteiger partial charge in [-0.3, -0.25) is 9.48 Å². The summed E-state index contributed by atoms with van der Waals surface area (Å²) in [5.74, 6) is 1.60. The minimum Gasteiger partial charge on any atom is -0.493 e. The van der Waals surface area contributed by atoms with Gasteiger partial charge in [-0.25, -0.2) is 0 Å². The van der Waals surface area contributed by atoms with E-state index in [4.69, 9.17) is 4.74 Å². The first-order chi connectivity index (χ1) is 20.1. The van der Waals surface area contributed by atoms with Gasteiger partial charge in [0, 0.05) is 36.0 Å². The zero-order chi connectivity index (χ0) is 28.2. The molecule has 0 aliphatic carbocycles. The Morgan fingerprint density at radius 1 is 1.05 bits per heavy atom. The van der Waals surface area contributed by atoms with E-state index >= 15 is 0 Å². The van der Waals surface area contributed by atoms with Gasteiger partial charge in [0.1, 0.15) is 5.75 Å². The number of rotatable bonds is 9. The van der Waals surface area contributed by atoms with Gasteiger partial charge >= 0.3 is 0 Å². The van der Waals surface area contributed by atoms with Crippen molar-refractivity contribution in [3.63, 3.8) is 0 Å². The summed E-state index contributed by atoms with van der Waals surface area (Å²) in [6, 6.07) is 20.4. The number of nitrogens with one attached hydrogen (secondary N) is 1. The largest absolute Gasteiger partial charge is 0.493 e. The Bertz CT molecular complexity index is 1660. The number of anilines is 1. The zero-order valence-corrected chi connectivity index (χ0v) is 23.4. The average molecular weight is 548 g/mol. The summed E-state index contributed by atoms with van der Waals surface area (Å²) >= 11 is 0. The third kappa shape index (κ3) is 5.75. The number of aromatic nitrogens is 6. The Morgan fingerprint density at radius 3 is 2.80 bits per heavy atom. The van der Waals surface area contributed by atoms with E-state index < -0.39 is 0 Å². The molecule has 9 heteroatoms. The number of benzene rings is 3. The van der Waals surface area contributed by atoms with E-state index in [0.29, 0.717) is 31.8 Å². The van der Waals surface area contributed by atoms with Crippen LogP contribution in [0.2, 0.25) is 0 Å². The second kappa shape index (κ2) is 11.8. The molecular formula is C32H33N7O2. The number of carbonyl (C=O) groups is 1. The minimum absolute atomic E-state index is 0.143. The van der Waals surface area contributed by atoms with E-state index in [1.54, 1.807) is 0 Å². The first-order valence-corrected chi connectivity index (χ1v) is 14.0. The van der Waals surface area contributed by atoms with Crippen molar-refractivity contribution < 1.29 is 9.53 Å². The highest BCUT2D eigenvalue weighted by Crippen LogP contribution is 2.36. The number of fused-ring (bicyclic) bond motifs is 1. The Kier molecular flexibility index (Phi) is 7.58. The minimum atomic E-state index is 0.143. The number of carbonyl (C=O) groups excluding carboxylic acids is 1. The van der Waals surface area contributed by atoms with Gasteiger partial charge in [0.05, 0.1) is 19.3 Å². The molecule has 1 amide bonds. The predicted molar refractivity (Wildman–Crippen MR) is 158 cm³/mol. The molecule has 3 aromatic carbocycles. The van der Waals surface area contributed by atoms with Crippen molar-refractivity contribution in [1.29, 1.82) is 0 Å². The molecule has 6 rings (SSSR count). The maximum atomic E-state index is 13.3. The fourth-order valence-electron chi connectivity index (χ4n) is 5.44. The lowest BCUT2D eigenvalue weighted by molar-refractivity contribution is -0.118. The summed E-state index contributed by atoms with van der Waals surface area (Å²) in [6.45, 7) is 6.03. The van der Waals surface area contributed by atoms with Crippen molar-refractivity contribution >= 4 is 11.6 Å². The van der Waals surface area contributed by atoms with E-state index in [-0.39, 0.29) is 5.91 Å². The topological polar surface area (TPSA) is 102 Å². The third-order valence-electron chi connectivity index (χ3n) is 7.72. The molecule has 3 heterocycles. The van der Waals surface area contributed by atoms with Crippen LogP contribution >= 0.6 is 0 Å². The summed E-state index contributed by atoms with van der Waals surface area (Å²) in [5, 5.41) is 18.9. The van der Waals surface area contributed by atoms with Crippen molar-refractivity contribution in [1.82, 2.24) is 30.4 Å². The van der Waals surface area contributed by atoms with Crippen molar-refractivity contribution in [2.24, 2.45) is 0 Å². The second-order valence-electron chi connectivity index (χ2n) is 10.5. The SMILES string of the molecule is Cc1cccc(OCCCC(=O)N2CCCc3c(-c4cnn(Cc5cccc(-c6nn[nH]n6)c5)c4)cccc32)c1C. The molecule has 0 bridgehead atoms. The van der Waals surface area contributed by atoms with E-state index in [2.05, 4.69) is 70.0 Å². The highest BCUT2D eigenvalue weighted by atomic mass is 16.5. The summed E-state index contributed by atoms with van der Waals surface area (Å²) < 4.78 is 7.92. The maximum absolute atomic E-state index is 13.3. The number of H-pyrrole nitrogens is 1. The highest BCUT2D eigenvalue weighted by Gasteiger charge is 2.24. The number of ether oxygens (including phenoxy) is 1. The number of hydrogen-bond donors (Lipinski definition) is 1. The lowest BCUT2D eigenvalue weighted by Gasteiger charge is -2.31. The molecule has 41 heavy (non-hydrogen) atoms. The number of hydrogen-bond acceptors (Lipinski definition) is 6. The van der Waals surface area contributed by atoms with Crippen LogP contribution in [0.15, 0.2) is 73.1 Å². The van der Waals surface area contributed by atoms with E-state index in [1.807, 2.05) is 52.2 Å². The lowest BCUT2D eigenvalue weighted by Crippen LogP contribution is -2.35. The normalized spacial score (nSPS) is 12.8. The highest BCUT2D eigenvalue weighted by molar-refractivity contribution is 5.96. The second-order valence-corrected chi connectivity index (χ2v) is 10.5. The molecule has 0 unspecified atom stereocenters. The Labute approximate surface area is 239 Å². The Hall–Kier alpha value is -4.79. The fraction of sp³-hybridized carbons (Fsp3) is 0.281.